The van der Waals surface area contributed by atoms with Gasteiger partial charge < -0.3 is 5.11 Å². The molecule has 0 amide bonds. The molecule has 0 saturated carbocycles. The Balaban J connectivity index is 2.55. The minimum atomic E-state index is -0.523. The van der Waals surface area contributed by atoms with Crippen LogP contribution < -0.4 is 0 Å². The minimum Gasteiger partial charge on any atom is -0.393 e. The number of halogens is 2. The molecule has 2 unspecified atom stereocenters. The lowest BCUT2D eigenvalue weighted by atomic mass is 9.82. The summed E-state index contributed by atoms with van der Waals surface area (Å²) in [4.78, 5) is 0. The van der Waals surface area contributed by atoms with Gasteiger partial charge in [0.05, 0.1) is 6.10 Å². The molecule has 0 bridgehead atoms. The molecule has 2 atom stereocenters. The summed E-state index contributed by atoms with van der Waals surface area (Å²) in [5, 5.41) is 10.6. The first kappa shape index (κ1) is 16.5. The van der Waals surface area contributed by atoms with Crippen molar-refractivity contribution < 1.29 is 9.50 Å². The summed E-state index contributed by atoms with van der Waals surface area (Å²) in [6.45, 7) is 8.69. The predicted octanol–water partition coefficient (Wildman–Crippen LogP) is 4.84. The van der Waals surface area contributed by atoms with Crippen molar-refractivity contribution in [3.05, 3.63) is 34.6 Å². The van der Waals surface area contributed by atoms with Crippen LogP contribution in [-0.4, -0.2) is 11.2 Å². The Hall–Kier alpha value is -0.600. The molecule has 0 aliphatic heterocycles. The van der Waals surface area contributed by atoms with Crippen LogP contribution in [0.3, 0.4) is 0 Å². The van der Waals surface area contributed by atoms with E-state index in [1.807, 2.05) is 0 Å². The quantitative estimate of drug-likeness (QED) is 0.821. The summed E-state index contributed by atoms with van der Waals surface area (Å²) in [6.07, 6.45) is 1.52. The van der Waals surface area contributed by atoms with Gasteiger partial charge in [-0.05, 0) is 47.9 Å². The van der Waals surface area contributed by atoms with E-state index in [4.69, 9.17) is 11.6 Å². The Labute approximate surface area is 120 Å². The fourth-order valence-corrected chi connectivity index (χ4v) is 2.82. The second-order valence-electron chi connectivity index (χ2n) is 6.70. The van der Waals surface area contributed by atoms with Gasteiger partial charge in [0.2, 0.25) is 0 Å². The topological polar surface area (TPSA) is 20.2 Å². The second-order valence-corrected chi connectivity index (χ2v) is 7.14. The van der Waals surface area contributed by atoms with Gasteiger partial charge in [0.15, 0.2) is 0 Å². The van der Waals surface area contributed by atoms with Gasteiger partial charge in [-0.15, -0.1) is 0 Å². The van der Waals surface area contributed by atoms with Gasteiger partial charge in [0, 0.05) is 11.4 Å². The minimum absolute atomic E-state index is 0.250. The Morgan fingerprint density at radius 2 is 1.95 bits per heavy atom. The van der Waals surface area contributed by atoms with Gasteiger partial charge in [0.25, 0.3) is 0 Å². The van der Waals surface area contributed by atoms with Crippen molar-refractivity contribution in [3.63, 3.8) is 0 Å². The second kappa shape index (κ2) is 6.71. The molecule has 108 valence electrons. The van der Waals surface area contributed by atoms with E-state index in [9.17, 15) is 9.50 Å². The molecule has 1 N–H and O–H groups in total. The van der Waals surface area contributed by atoms with Crippen molar-refractivity contribution in [3.8, 4) is 0 Å². The lowest BCUT2D eigenvalue weighted by molar-refractivity contribution is 0.132. The highest BCUT2D eigenvalue weighted by molar-refractivity contribution is 6.30. The number of hydrogen-bond acceptors (Lipinski definition) is 1. The van der Waals surface area contributed by atoms with Crippen molar-refractivity contribution in [2.24, 2.45) is 11.3 Å². The summed E-state index contributed by atoms with van der Waals surface area (Å²) in [5.41, 5.74) is 0.739. The zero-order valence-electron chi connectivity index (χ0n) is 12.2. The average molecular weight is 287 g/mol. The van der Waals surface area contributed by atoms with E-state index < -0.39 is 6.10 Å². The fourth-order valence-electron chi connectivity index (χ4n) is 2.63. The smallest absolute Gasteiger partial charge is 0.126 e. The summed E-state index contributed by atoms with van der Waals surface area (Å²) in [7, 11) is 0. The van der Waals surface area contributed by atoms with E-state index in [-0.39, 0.29) is 11.2 Å². The van der Waals surface area contributed by atoms with E-state index in [2.05, 4.69) is 27.7 Å². The molecule has 3 heteroatoms. The molecule has 0 fully saturated rings. The zero-order chi connectivity index (χ0) is 14.6. The van der Waals surface area contributed by atoms with Crippen LogP contribution in [0.25, 0.3) is 0 Å². The van der Waals surface area contributed by atoms with Crippen molar-refractivity contribution in [1.82, 2.24) is 0 Å². The van der Waals surface area contributed by atoms with Gasteiger partial charge in [-0.3, -0.25) is 0 Å². The van der Waals surface area contributed by atoms with Crippen molar-refractivity contribution >= 4 is 11.6 Å². The summed E-state index contributed by atoms with van der Waals surface area (Å²) >= 11 is 5.84. The lowest BCUT2D eigenvalue weighted by Gasteiger charge is -2.25. The first-order chi connectivity index (χ1) is 8.67. The summed E-state index contributed by atoms with van der Waals surface area (Å²) in [6, 6.07) is 4.46. The maximum Gasteiger partial charge on any atom is 0.126 e. The van der Waals surface area contributed by atoms with Crippen molar-refractivity contribution in [2.75, 3.05) is 0 Å². The van der Waals surface area contributed by atoms with Crippen LogP contribution in [0.5, 0.6) is 0 Å². The molecular formula is C16H24ClFO. The highest BCUT2D eigenvalue weighted by Crippen LogP contribution is 2.27. The number of aliphatic hydroxyl groups excluding tert-OH is 1. The Morgan fingerprint density at radius 3 is 2.53 bits per heavy atom. The maximum absolute atomic E-state index is 13.6. The van der Waals surface area contributed by atoms with Crippen LogP contribution in [-0.2, 0) is 6.42 Å². The van der Waals surface area contributed by atoms with E-state index in [0.29, 0.717) is 29.3 Å². The number of rotatable bonds is 5. The van der Waals surface area contributed by atoms with Crippen molar-refractivity contribution in [2.45, 2.75) is 53.1 Å². The summed E-state index contributed by atoms with van der Waals surface area (Å²) in [5.74, 6) is 0.115. The van der Waals surface area contributed by atoms with Gasteiger partial charge in [-0.2, -0.15) is 0 Å². The fraction of sp³-hybridized carbons (Fsp3) is 0.625. The molecule has 1 aromatic carbocycles. The van der Waals surface area contributed by atoms with Crippen LogP contribution in [0.1, 0.15) is 46.1 Å². The van der Waals surface area contributed by atoms with Gasteiger partial charge in [-0.1, -0.05) is 39.3 Å². The molecular weight excluding hydrogens is 263 g/mol. The number of hydrogen-bond donors (Lipinski definition) is 1. The SMILES string of the molecule is CC(CC(O)Cc1cc(Cl)ccc1F)CC(C)(C)C. The number of benzene rings is 1. The Bertz CT molecular complexity index is 412. The molecule has 0 aromatic heterocycles. The highest BCUT2D eigenvalue weighted by atomic mass is 35.5. The first-order valence-electron chi connectivity index (χ1n) is 6.79. The Kier molecular flexibility index (Phi) is 5.82. The normalized spacial score (nSPS) is 15.3. The molecule has 0 heterocycles. The molecule has 19 heavy (non-hydrogen) atoms. The molecule has 0 aliphatic carbocycles. The number of aliphatic hydroxyl groups is 1. The van der Waals surface area contributed by atoms with Gasteiger partial charge in [0.1, 0.15) is 5.82 Å². The molecule has 1 aromatic rings. The van der Waals surface area contributed by atoms with Crippen molar-refractivity contribution in [1.29, 1.82) is 0 Å². The average Bonchev–Trinajstić information content (AvgIpc) is 2.20. The molecule has 1 rings (SSSR count). The van der Waals surface area contributed by atoms with Crippen LogP contribution in [0.2, 0.25) is 5.02 Å². The van der Waals surface area contributed by atoms with E-state index >= 15 is 0 Å². The lowest BCUT2D eigenvalue weighted by Crippen LogP contribution is -2.19. The van der Waals surface area contributed by atoms with Crippen LogP contribution in [0.15, 0.2) is 18.2 Å². The molecule has 1 nitrogen and oxygen atoms in total. The maximum atomic E-state index is 13.6. The summed E-state index contributed by atoms with van der Waals surface area (Å²) < 4.78 is 13.6. The molecule has 0 spiro atoms. The molecule has 0 radical (unpaired) electrons. The third-order valence-electron chi connectivity index (χ3n) is 3.10. The first-order valence-corrected chi connectivity index (χ1v) is 7.17. The third-order valence-corrected chi connectivity index (χ3v) is 3.33. The largest absolute Gasteiger partial charge is 0.393 e. The third kappa shape index (κ3) is 6.40. The highest BCUT2D eigenvalue weighted by Gasteiger charge is 2.19. The van der Waals surface area contributed by atoms with E-state index in [1.165, 1.54) is 12.1 Å². The van der Waals surface area contributed by atoms with E-state index in [1.54, 1.807) is 6.07 Å². The predicted molar refractivity (Wildman–Crippen MR) is 79.0 cm³/mol. The standard InChI is InChI=1S/C16H24ClFO/c1-11(10-16(2,3)4)7-14(19)9-12-8-13(17)5-6-15(12)18/h5-6,8,11,14,19H,7,9-10H2,1-4H3. The van der Waals surface area contributed by atoms with Gasteiger partial charge >= 0.3 is 0 Å². The zero-order valence-corrected chi connectivity index (χ0v) is 13.0. The monoisotopic (exact) mass is 286 g/mol. The van der Waals surface area contributed by atoms with Crippen LogP contribution in [0.4, 0.5) is 4.39 Å². The Morgan fingerprint density at radius 1 is 1.32 bits per heavy atom. The van der Waals surface area contributed by atoms with Gasteiger partial charge in [-0.25, -0.2) is 4.39 Å². The molecule has 0 aliphatic rings. The van der Waals surface area contributed by atoms with E-state index in [0.717, 1.165) is 6.42 Å². The van der Waals surface area contributed by atoms with Crippen LogP contribution >= 0.6 is 11.6 Å². The molecule has 0 saturated heterocycles. The van der Waals surface area contributed by atoms with Crippen LogP contribution in [0, 0.1) is 17.2 Å².